The molecule has 2 unspecified atom stereocenters. The SMILES string of the molecule is [NH-]C(CS(=O)(=O)Cc1ccccc1OC(F)F)C(=O)NC1CCC1=O. The van der Waals surface area contributed by atoms with Crippen molar-refractivity contribution < 1.29 is 31.5 Å². The molecule has 1 aromatic carbocycles. The minimum absolute atomic E-state index is 0.0181. The van der Waals surface area contributed by atoms with Gasteiger partial charge in [-0.15, -0.1) is 0 Å². The monoisotopic (exact) mass is 375 g/mol. The van der Waals surface area contributed by atoms with Gasteiger partial charge in [-0.05, 0) is 18.5 Å². The molecule has 0 heterocycles. The number of amides is 1. The van der Waals surface area contributed by atoms with Crippen LogP contribution in [0.25, 0.3) is 5.73 Å². The van der Waals surface area contributed by atoms with E-state index >= 15 is 0 Å². The maximum absolute atomic E-state index is 12.4. The highest BCUT2D eigenvalue weighted by Crippen LogP contribution is 2.23. The molecule has 25 heavy (non-hydrogen) atoms. The molecule has 2 atom stereocenters. The van der Waals surface area contributed by atoms with E-state index in [1.807, 2.05) is 0 Å². The van der Waals surface area contributed by atoms with Crippen molar-refractivity contribution >= 4 is 21.5 Å². The molecule has 1 saturated carbocycles. The standard InChI is InChI=1S/C15H17F2N2O5S/c16-15(17)24-13-4-2-1-3-9(13)7-25(22,23)8-10(18)14(21)19-11-5-6-12(11)20/h1-4,10-11,15,18H,5-8H2,(H,19,21)/q-1. The van der Waals surface area contributed by atoms with E-state index < -0.39 is 45.9 Å². The number of hydrogen-bond donors (Lipinski definition) is 1. The first kappa shape index (κ1) is 19.3. The van der Waals surface area contributed by atoms with E-state index in [9.17, 15) is 26.8 Å². The molecule has 1 aliphatic carbocycles. The van der Waals surface area contributed by atoms with Gasteiger partial charge in [0.1, 0.15) is 5.75 Å². The van der Waals surface area contributed by atoms with Crippen LogP contribution in [0.4, 0.5) is 8.78 Å². The number of alkyl halides is 2. The Morgan fingerprint density at radius 1 is 1.36 bits per heavy atom. The van der Waals surface area contributed by atoms with E-state index in [4.69, 9.17) is 5.73 Å². The highest BCUT2D eigenvalue weighted by molar-refractivity contribution is 7.90. The molecule has 0 aliphatic heterocycles. The molecule has 138 valence electrons. The van der Waals surface area contributed by atoms with E-state index in [0.29, 0.717) is 12.8 Å². The summed E-state index contributed by atoms with van der Waals surface area (Å²) in [5.74, 6) is -2.70. The summed E-state index contributed by atoms with van der Waals surface area (Å²) in [6.07, 6.45) is 0.829. The van der Waals surface area contributed by atoms with Crippen molar-refractivity contribution in [3.05, 3.63) is 35.6 Å². The summed E-state index contributed by atoms with van der Waals surface area (Å²) in [5.41, 5.74) is 7.69. The summed E-state index contributed by atoms with van der Waals surface area (Å²) < 4.78 is 53.3. The fourth-order valence-electron chi connectivity index (χ4n) is 2.29. The molecule has 0 saturated heterocycles. The van der Waals surface area contributed by atoms with E-state index in [1.54, 1.807) is 0 Å². The van der Waals surface area contributed by atoms with Gasteiger partial charge in [0.15, 0.2) is 15.6 Å². The molecule has 1 aliphatic rings. The van der Waals surface area contributed by atoms with Gasteiger partial charge in [-0.25, -0.2) is 8.42 Å². The minimum atomic E-state index is -3.93. The average Bonchev–Trinajstić information content (AvgIpc) is 2.51. The van der Waals surface area contributed by atoms with E-state index in [0.717, 1.165) is 0 Å². The number of carbonyl (C=O) groups is 2. The number of halogens is 2. The first-order chi connectivity index (χ1) is 11.7. The van der Waals surface area contributed by atoms with Gasteiger partial charge in [0, 0.05) is 17.7 Å². The van der Waals surface area contributed by atoms with Crippen LogP contribution >= 0.6 is 0 Å². The van der Waals surface area contributed by atoms with Crippen LogP contribution in [0.3, 0.4) is 0 Å². The van der Waals surface area contributed by atoms with Crippen molar-refractivity contribution in [2.45, 2.75) is 37.3 Å². The lowest BCUT2D eigenvalue weighted by Gasteiger charge is -2.28. The van der Waals surface area contributed by atoms with Crippen molar-refractivity contribution in [1.82, 2.24) is 5.32 Å². The van der Waals surface area contributed by atoms with Crippen LogP contribution in [-0.4, -0.2) is 44.6 Å². The number of ether oxygens (including phenoxy) is 1. The summed E-state index contributed by atoms with van der Waals surface area (Å²) in [6, 6.07) is 3.16. The van der Waals surface area contributed by atoms with E-state index in [1.165, 1.54) is 24.3 Å². The van der Waals surface area contributed by atoms with E-state index in [2.05, 4.69) is 10.1 Å². The minimum Gasteiger partial charge on any atom is -0.666 e. The van der Waals surface area contributed by atoms with E-state index in [-0.39, 0.29) is 17.1 Å². The van der Waals surface area contributed by atoms with Crippen LogP contribution in [0.5, 0.6) is 5.75 Å². The number of nitrogens with one attached hydrogen (secondary N) is 2. The lowest BCUT2D eigenvalue weighted by molar-refractivity contribution is -0.132. The molecular formula is C15H17F2N2O5S-. The van der Waals surface area contributed by atoms with Crippen molar-refractivity contribution in [3.63, 3.8) is 0 Å². The Morgan fingerprint density at radius 2 is 2.04 bits per heavy atom. The smallest absolute Gasteiger partial charge is 0.387 e. The number of para-hydroxylation sites is 1. The van der Waals surface area contributed by atoms with Gasteiger partial charge in [-0.3, -0.25) is 9.59 Å². The third-order valence-electron chi connectivity index (χ3n) is 3.69. The molecule has 1 fully saturated rings. The molecule has 0 radical (unpaired) electrons. The molecule has 7 nitrogen and oxygen atoms in total. The Morgan fingerprint density at radius 3 is 2.60 bits per heavy atom. The zero-order valence-corrected chi connectivity index (χ0v) is 13.9. The fourth-order valence-corrected chi connectivity index (χ4v) is 3.78. The third-order valence-corrected chi connectivity index (χ3v) is 5.28. The Balaban J connectivity index is 1.99. The van der Waals surface area contributed by atoms with Crippen LogP contribution in [0.2, 0.25) is 0 Å². The molecule has 2 N–H and O–H groups in total. The van der Waals surface area contributed by atoms with Gasteiger partial charge in [0.2, 0.25) is 5.91 Å². The summed E-state index contributed by atoms with van der Waals surface area (Å²) in [5, 5.41) is 2.33. The number of benzene rings is 1. The molecule has 2 rings (SSSR count). The zero-order chi connectivity index (χ0) is 18.6. The Bertz CT molecular complexity index is 754. The van der Waals surface area contributed by atoms with Crippen LogP contribution in [0.1, 0.15) is 18.4 Å². The molecule has 1 amide bonds. The quantitative estimate of drug-likeness (QED) is 0.739. The molecule has 1 aromatic rings. The lowest BCUT2D eigenvalue weighted by Crippen LogP contribution is -2.50. The van der Waals surface area contributed by atoms with Crippen LogP contribution < -0.4 is 10.1 Å². The number of hydrogen-bond acceptors (Lipinski definition) is 5. The van der Waals surface area contributed by atoms with Crippen molar-refractivity contribution in [2.24, 2.45) is 0 Å². The topological polar surface area (TPSA) is 113 Å². The second kappa shape index (κ2) is 7.87. The fraction of sp³-hybridized carbons (Fsp3) is 0.467. The third kappa shape index (κ3) is 5.46. The largest absolute Gasteiger partial charge is 0.666 e. The number of ketones is 1. The number of carbonyl (C=O) groups excluding carboxylic acids is 2. The molecule has 0 aromatic heterocycles. The summed E-state index contributed by atoms with van der Waals surface area (Å²) >= 11 is 0. The molecule has 0 bridgehead atoms. The van der Waals surface area contributed by atoms with Crippen molar-refractivity contribution in [2.75, 3.05) is 5.75 Å². The van der Waals surface area contributed by atoms with Gasteiger partial charge in [-0.1, -0.05) is 18.2 Å². The van der Waals surface area contributed by atoms with Crippen LogP contribution in [0, 0.1) is 0 Å². The van der Waals surface area contributed by atoms with Gasteiger partial charge in [-0.2, -0.15) is 8.78 Å². The van der Waals surface area contributed by atoms with Crippen LogP contribution in [-0.2, 0) is 25.2 Å². The average molecular weight is 375 g/mol. The second-order valence-electron chi connectivity index (χ2n) is 5.66. The summed E-state index contributed by atoms with van der Waals surface area (Å²) in [6.45, 7) is -3.10. The molecular weight excluding hydrogens is 358 g/mol. The van der Waals surface area contributed by atoms with Gasteiger partial charge < -0.3 is 15.8 Å². The predicted octanol–water partition coefficient (Wildman–Crippen LogP) is 1.47. The maximum Gasteiger partial charge on any atom is 0.387 e. The van der Waals surface area contributed by atoms with Gasteiger partial charge in [0.05, 0.1) is 11.8 Å². The first-order valence-corrected chi connectivity index (χ1v) is 9.27. The molecule has 0 spiro atoms. The Hall–Kier alpha value is -2.07. The highest BCUT2D eigenvalue weighted by Gasteiger charge is 2.30. The van der Waals surface area contributed by atoms with Gasteiger partial charge >= 0.3 is 6.61 Å². The predicted molar refractivity (Wildman–Crippen MR) is 84.8 cm³/mol. The normalized spacial score (nSPS) is 18.6. The second-order valence-corrected chi connectivity index (χ2v) is 7.77. The summed E-state index contributed by atoms with van der Waals surface area (Å²) in [4.78, 5) is 23.0. The lowest BCUT2D eigenvalue weighted by atomic mass is 9.91. The number of sulfone groups is 1. The highest BCUT2D eigenvalue weighted by atomic mass is 32.2. The number of rotatable bonds is 8. The maximum atomic E-state index is 12.4. The Kier molecular flexibility index (Phi) is 6.07. The van der Waals surface area contributed by atoms with Crippen molar-refractivity contribution in [3.8, 4) is 5.75 Å². The molecule has 10 heteroatoms. The van der Waals surface area contributed by atoms with Crippen LogP contribution in [0.15, 0.2) is 24.3 Å². The van der Waals surface area contributed by atoms with Gasteiger partial charge in [0.25, 0.3) is 0 Å². The first-order valence-electron chi connectivity index (χ1n) is 7.45. The zero-order valence-electron chi connectivity index (χ0n) is 13.1. The number of Topliss-reactive ketones (excluding diaryl/α,β-unsaturated/α-hetero) is 1. The Labute approximate surface area is 143 Å². The summed E-state index contributed by atoms with van der Waals surface area (Å²) in [7, 11) is -3.93. The van der Waals surface area contributed by atoms with Crippen molar-refractivity contribution in [1.29, 1.82) is 0 Å².